The van der Waals surface area contributed by atoms with Gasteiger partial charge in [-0.25, -0.2) is 0 Å². The Morgan fingerprint density at radius 1 is 1.25 bits per heavy atom. The van der Waals surface area contributed by atoms with Crippen molar-refractivity contribution >= 4 is 22.5 Å². The molecule has 0 spiro atoms. The molecule has 0 amide bonds. The van der Waals surface area contributed by atoms with E-state index in [4.69, 9.17) is 11.6 Å². The number of fused-ring (bicyclic) bond motifs is 1. The summed E-state index contributed by atoms with van der Waals surface area (Å²) >= 11 is 6.54. The molecule has 4 heteroatoms. The lowest BCUT2D eigenvalue weighted by Gasteiger charge is -2.28. The summed E-state index contributed by atoms with van der Waals surface area (Å²) in [4.78, 5) is 2.57. The van der Waals surface area contributed by atoms with Crippen LogP contribution in [-0.2, 0) is 6.54 Å². The van der Waals surface area contributed by atoms with E-state index in [-0.39, 0.29) is 0 Å². The third-order valence-corrected chi connectivity index (χ3v) is 4.75. The number of benzene rings is 1. The zero-order valence-electron chi connectivity index (χ0n) is 12.3. The van der Waals surface area contributed by atoms with Crippen molar-refractivity contribution in [2.24, 2.45) is 0 Å². The first-order chi connectivity index (χ1) is 9.76. The quantitative estimate of drug-likeness (QED) is 0.839. The highest BCUT2D eigenvalue weighted by atomic mass is 35.5. The van der Waals surface area contributed by atoms with Crippen LogP contribution in [0.1, 0.15) is 44.7 Å². The van der Waals surface area contributed by atoms with Crippen LogP contribution in [0.15, 0.2) is 18.3 Å². The summed E-state index contributed by atoms with van der Waals surface area (Å²) in [7, 11) is 0. The molecule has 1 aliphatic rings. The van der Waals surface area contributed by atoms with Crippen LogP contribution >= 0.6 is 11.6 Å². The number of halogens is 1. The molecule has 108 valence electrons. The van der Waals surface area contributed by atoms with E-state index in [9.17, 15) is 0 Å². The summed E-state index contributed by atoms with van der Waals surface area (Å²) in [6.45, 7) is 7.65. The van der Waals surface area contributed by atoms with Crippen LogP contribution in [-0.4, -0.2) is 27.8 Å². The number of nitrogens with zero attached hydrogens (tertiary/aromatic N) is 3. The number of aromatic nitrogens is 2. The van der Waals surface area contributed by atoms with Crippen molar-refractivity contribution < 1.29 is 0 Å². The third-order valence-electron chi connectivity index (χ3n) is 4.42. The Morgan fingerprint density at radius 2 is 2.00 bits per heavy atom. The number of rotatable bonds is 4. The van der Waals surface area contributed by atoms with Crippen molar-refractivity contribution in [3.63, 3.8) is 0 Å². The first kappa shape index (κ1) is 13.9. The number of hydrogen-bond acceptors (Lipinski definition) is 2. The fourth-order valence-electron chi connectivity index (χ4n) is 3.44. The van der Waals surface area contributed by atoms with Crippen LogP contribution in [0.4, 0.5) is 0 Å². The van der Waals surface area contributed by atoms with Gasteiger partial charge < -0.3 is 0 Å². The minimum Gasteiger partial charge on any atom is -0.296 e. The van der Waals surface area contributed by atoms with E-state index in [2.05, 4.69) is 29.9 Å². The molecule has 1 atom stereocenters. The highest BCUT2D eigenvalue weighted by Crippen LogP contribution is 2.37. The topological polar surface area (TPSA) is 21.1 Å². The Hall–Kier alpha value is -1.06. The summed E-state index contributed by atoms with van der Waals surface area (Å²) in [5.74, 6) is 0. The Labute approximate surface area is 125 Å². The van der Waals surface area contributed by atoms with Crippen LogP contribution in [0.5, 0.6) is 0 Å². The minimum atomic E-state index is 0.420. The molecule has 2 aromatic rings. The van der Waals surface area contributed by atoms with Gasteiger partial charge in [0.2, 0.25) is 0 Å². The van der Waals surface area contributed by atoms with Crippen molar-refractivity contribution in [2.75, 3.05) is 13.1 Å². The maximum atomic E-state index is 6.54. The lowest BCUT2D eigenvalue weighted by atomic mass is 9.99. The number of likely N-dealkylation sites (tertiary alicyclic amines) is 1. The number of aryl methyl sites for hydroxylation is 1. The Balaban J connectivity index is 2.12. The zero-order valence-corrected chi connectivity index (χ0v) is 13.0. The van der Waals surface area contributed by atoms with Crippen LogP contribution in [0.25, 0.3) is 10.9 Å². The summed E-state index contributed by atoms with van der Waals surface area (Å²) < 4.78 is 2.05. The first-order valence-electron chi connectivity index (χ1n) is 7.64. The van der Waals surface area contributed by atoms with Gasteiger partial charge in [-0.3, -0.25) is 9.58 Å². The fourth-order valence-corrected chi connectivity index (χ4v) is 3.73. The van der Waals surface area contributed by atoms with Crippen LogP contribution in [0.2, 0.25) is 5.02 Å². The second-order valence-corrected chi connectivity index (χ2v) is 5.93. The SMILES string of the molecule is CCC(c1c(Cl)ccc2c1cnn2CC)N1CCCC1. The molecule has 0 N–H and O–H groups in total. The van der Waals surface area contributed by atoms with E-state index in [1.54, 1.807) is 0 Å². The summed E-state index contributed by atoms with van der Waals surface area (Å²) in [6.07, 6.45) is 5.69. The molecule has 0 saturated carbocycles. The summed E-state index contributed by atoms with van der Waals surface area (Å²) in [6, 6.07) is 4.54. The van der Waals surface area contributed by atoms with Gasteiger partial charge in [0, 0.05) is 23.0 Å². The molecule has 2 heterocycles. The standard InChI is InChI=1S/C16H22ClN3/c1-3-14(19-9-5-6-10-19)16-12-11-18-20(4-2)15(12)8-7-13(16)17/h7-8,11,14H,3-6,9-10H2,1-2H3. The highest BCUT2D eigenvalue weighted by molar-refractivity contribution is 6.32. The Bertz CT molecular complexity index is 599. The van der Waals surface area contributed by atoms with Crippen molar-refractivity contribution in [1.29, 1.82) is 0 Å². The summed E-state index contributed by atoms with van der Waals surface area (Å²) in [5, 5.41) is 6.60. The van der Waals surface area contributed by atoms with Crippen molar-refractivity contribution in [2.45, 2.75) is 45.7 Å². The Morgan fingerprint density at radius 3 is 2.65 bits per heavy atom. The second-order valence-electron chi connectivity index (χ2n) is 5.52. The summed E-state index contributed by atoms with van der Waals surface area (Å²) in [5.41, 5.74) is 2.47. The van der Waals surface area contributed by atoms with Crippen molar-refractivity contribution in [3.8, 4) is 0 Å². The van der Waals surface area contributed by atoms with E-state index in [0.29, 0.717) is 6.04 Å². The molecule has 1 saturated heterocycles. The maximum absolute atomic E-state index is 6.54. The molecule has 3 nitrogen and oxygen atoms in total. The van der Waals surface area contributed by atoms with Gasteiger partial charge in [0.05, 0.1) is 11.7 Å². The van der Waals surface area contributed by atoms with Crippen molar-refractivity contribution in [3.05, 3.63) is 28.9 Å². The first-order valence-corrected chi connectivity index (χ1v) is 8.02. The highest BCUT2D eigenvalue weighted by Gasteiger charge is 2.26. The lowest BCUT2D eigenvalue weighted by molar-refractivity contribution is 0.241. The number of hydrogen-bond donors (Lipinski definition) is 0. The minimum absolute atomic E-state index is 0.420. The predicted molar refractivity (Wildman–Crippen MR) is 84.3 cm³/mol. The van der Waals surface area contributed by atoms with Crippen molar-refractivity contribution in [1.82, 2.24) is 14.7 Å². The average molecular weight is 292 g/mol. The monoisotopic (exact) mass is 291 g/mol. The molecule has 1 unspecified atom stereocenters. The lowest BCUT2D eigenvalue weighted by Crippen LogP contribution is -2.25. The largest absolute Gasteiger partial charge is 0.296 e. The molecule has 1 aromatic heterocycles. The van der Waals surface area contributed by atoms with Gasteiger partial charge in [-0.2, -0.15) is 5.10 Å². The van der Waals surface area contributed by atoms with E-state index < -0.39 is 0 Å². The second kappa shape index (κ2) is 5.74. The zero-order chi connectivity index (χ0) is 14.1. The molecular weight excluding hydrogens is 270 g/mol. The Kier molecular flexibility index (Phi) is 3.99. The third kappa shape index (κ3) is 2.23. The average Bonchev–Trinajstić information content (AvgIpc) is 3.10. The van der Waals surface area contributed by atoms with Crippen LogP contribution in [0.3, 0.4) is 0 Å². The van der Waals surface area contributed by atoms with Crippen LogP contribution < -0.4 is 0 Å². The molecule has 1 fully saturated rings. The molecule has 0 aliphatic carbocycles. The van der Waals surface area contributed by atoms with Gasteiger partial charge in [0.25, 0.3) is 0 Å². The maximum Gasteiger partial charge on any atom is 0.0686 e. The van der Waals surface area contributed by atoms with E-state index in [1.807, 2.05) is 16.9 Å². The van der Waals surface area contributed by atoms with Gasteiger partial charge in [0.15, 0.2) is 0 Å². The molecule has 0 bridgehead atoms. The van der Waals surface area contributed by atoms with Gasteiger partial charge in [-0.15, -0.1) is 0 Å². The van der Waals surface area contributed by atoms with E-state index in [0.717, 1.165) is 18.0 Å². The normalized spacial score (nSPS) is 17.9. The fraction of sp³-hybridized carbons (Fsp3) is 0.562. The predicted octanol–water partition coefficient (Wildman–Crippen LogP) is 4.26. The van der Waals surface area contributed by atoms with Gasteiger partial charge in [-0.05, 0) is 57.0 Å². The van der Waals surface area contributed by atoms with Gasteiger partial charge >= 0.3 is 0 Å². The van der Waals surface area contributed by atoms with Gasteiger partial charge in [-0.1, -0.05) is 18.5 Å². The molecule has 0 radical (unpaired) electrons. The molecule has 3 rings (SSSR count). The molecule has 1 aliphatic heterocycles. The molecule has 1 aromatic carbocycles. The van der Waals surface area contributed by atoms with Crippen LogP contribution in [0, 0.1) is 0 Å². The smallest absolute Gasteiger partial charge is 0.0686 e. The molecular formula is C16H22ClN3. The van der Waals surface area contributed by atoms with E-state index >= 15 is 0 Å². The van der Waals surface area contributed by atoms with E-state index in [1.165, 1.54) is 42.4 Å². The van der Waals surface area contributed by atoms with Gasteiger partial charge in [0.1, 0.15) is 0 Å². The molecule has 20 heavy (non-hydrogen) atoms.